The molecule has 1 aliphatic rings. The van der Waals surface area contributed by atoms with Crippen molar-refractivity contribution in [3.8, 4) is 0 Å². The number of nitrogens with two attached hydrogens (primary N) is 1. The molecule has 1 aromatic rings. The molecular weight excluding hydrogens is 212 g/mol. The minimum Gasteiger partial charge on any atom is -0.349 e. The van der Waals surface area contributed by atoms with Crippen LogP contribution in [-0.4, -0.2) is 30.4 Å². The third-order valence-electron chi connectivity index (χ3n) is 3.29. The lowest BCUT2D eigenvalue weighted by molar-refractivity contribution is -0.127. The Hall–Kier alpha value is -1.35. The van der Waals surface area contributed by atoms with Crippen molar-refractivity contribution in [1.82, 2.24) is 4.90 Å². The molecule has 1 saturated carbocycles. The number of benzene rings is 1. The van der Waals surface area contributed by atoms with Crippen LogP contribution in [0, 0.1) is 0 Å². The predicted octanol–water partition coefficient (Wildman–Crippen LogP) is 1.35. The number of carbonyl (C=O) groups is 1. The smallest absolute Gasteiger partial charge is 0.226 e. The minimum atomic E-state index is 0.0319. The molecule has 0 atom stereocenters. The van der Waals surface area contributed by atoms with Crippen LogP contribution in [0.2, 0.25) is 0 Å². The van der Waals surface area contributed by atoms with Crippen LogP contribution in [0.5, 0.6) is 0 Å². The highest BCUT2D eigenvalue weighted by atomic mass is 16.2. The molecule has 0 heterocycles. The molecule has 17 heavy (non-hydrogen) atoms. The van der Waals surface area contributed by atoms with E-state index in [1.54, 1.807) is 19.0 Å². The average Bonchev–Trinajstić information content (AvgIpc) is 2.96. The highest BCUT2D eigenvalue weighted by Gasteiger charge is 2.37. The Bertz CT molecular complexity index is 422. The summed E-state index contributed by atoms with van der Waals surface area (Å²) in [5, 5.41) is 0. The molecule has 2 rings (SSSR count). The Morgan fingerprint density at radius 3 is 2.59 bits per heavy atom. The van der Waals surface area contributed by atoms with Crippen molar-refractivity contribution in [1.29, 1.82) is 0 Å². The molecule has 0 saturated heterocycles. The summed E-state index contributed by atoms with van der Waals surface area (Å²) in [6.45, 7) is 0. The van der Waals surface area contributed by atoms with Gasteiger partial charge in [0.05, 0.1) is 6.42 Å². The molecule has 0 spiro atoms. The number of amides is 1. The summed E-state index contributed by atoms with van der Waals surface area (Å²) in [5.74, 6) is 0.135. The number of rotatable bonds is 4. The first-order chi connectivity index (χ1) is 7.98. The van der Waals surface area contributed by atoms with Crippen molar-refractivity contribution in [3.63, 3.8) is 0 Å². The largest absolute Gasteiger partial charge is 0.349 e. The van der Waals surface area contributed by atoms with Crippen LogP contribution in [0.4, 0.5) is 0 Å². The van der Waals surface area contributed by atoms with Gasteiger partial charge in [-0.15, -0.1) is 0 Å². The van der Waals surface area contributed by atoms with Gasteiger partial charge in [0.25, 0.3) is 0 Å². The molecule has 1 amide bonds. The zero-order valence-electron chi connectivity index (χ0n) is 10.6. The van der Waals surface area contributed by atoms with E-state index >= 15 is 0 Å². The van der Waals surface area contributed by atoms with Crippen molar-refractivity contribution in [2.75, 3.05) is 14.1 Å². The summed E-state index contributed by atoms with van der Waals surface area (Å²) >= 11 is 0. The first kappa shape index (κ1) is 12.1. The first-order valence-electron chi connectivity index (χ1n) is 6.05. The Morgan fingerprint density at radius 2 is 2.00 bits per heavy atom. The lowest BCUT2D eigenvalue weighted by atomic mass is 10.0. The van der Waals surface area contributed by atoms with Crippen LogP contribution in [0.1, 0.15) is 24.0 Å². The molecule has 0 radical (unpaired) electrons. The number of nitrogens with zero attached hydrogens (tertiary/aromatic N) is 1. The molecular formula is C14H20N2O. The van der Waals surface area contributed by atoms with Crippen molar-refractivity contribution in [2.24, 2.45) is 5.73 Å². The van der Waals surface area contributed by atoms with Crippen LogP contribution in [0.25, 0.3) is 0 Å². The number of hydrogen-bond donors (Lipinski definition) is 1. The van der Waals surface area contributed by atoms with Gasteiger partial charge in [0.2, 0.25) is 5.91 Å². The predicted molar refractivity (Wildman–Crippen MR) is 68.7 cm³/mol. The highest BCUT2D eigenvalue weighted by Crippen LogP contribution is 2.35. The molecule has 3 heteroatoms. The average molecular weight is 232 g/mol. The van der Waals surface area contributed by atoms with E-state index in [4.69, 9.17) is 5.73 Å². The third-order valence-corrected chi connectivity index (χ3v) is 3.29. The third kappa shape index (κ3) is 3.30. The van der Waals surface area contributed by atoms with Crippen molar-refractivity contribution in [3.05, 3.63) is 35.4 Å². The zero-order valence-corrected chi connectivity index (χ0v) is 10.6. The maximum Gasteiger partial charge on any atom is 0.226 e. The maximum atomic E-state index is 11.6. The summed E-state index contributed by atoms with van der Waals surface area (Å²) in [5.41, 5.74) is 8.45. The van der Waals surface area contributed by atoms with Crippen molar-refractivity contribution >= 4 is 5.91 Å². The summed E-state index contributed by atoms with van der Waals surface area (Å²) in [7, 11) is 3.57. The fourth-order valence-electron chi connectivity index (χ4n) is 1.93. The first-order valence-corrected chi connectivity index (χ1v) is 6.05. The van der Waals surface area contributed by atoms with Crippen molar-refractivity contribution in [2.45, 2.75) is 31.2 Å². The molecule has 0 aliphatic heterocycles. The van der Waals surface area contributed by atoms with E-state index < -0.39 is 0 Å². The van der Waals surface area contributed by atoms with E-state index in [0.29, 0.717) is 6.42 Å². The van der Waals surface area contributed by atoms with E-state index in [2.05, 4.69) is 12.1 Å². The van der Waals surface area contributed by atoms with E-state index in [-0.39, 0.29) is 11.4 Å². The molecule has 0 aromatic heterocycles. The normalized spacial score (nSPS) is 16.6. The van der Waals surface area contributed by atoms with Gasteiger partial charge in [-0.05, 0) is 30.4 Å². The van der Waals surface area contributed by atoms with E-state index in [1.807, 2.05) is 12.1 Å². The van der Waals surface area contributed by atoms with Gasteiger partial charge in [0.15, 0.2) is 0 Å². The van der Waals surface area contributed by atoms with E-state index in [9.17, 15) is 4.79 Å². The molecule has 3 nitrogen and oxygen atoms in total. The SMILES string of the molecule is CN(C)C(=O)Cc1cccc(CC2(N)CC2)c1. The van der Waals surface area contributed by atoms with Crippen LogP contribution in [0.3, 0.4) is 0 Å². The lowest BCUT2D eigenvalue weighted by Crippen LogP contribution is -2.25. The topological polar surface area (TPSA) is 46.3 Å². The Labute approximate surface area is 103 Å². The van der Waals surface area contributed by atoms with Crippen molar-refractivity contribution < 1.29 is 4.79 Å². The molecule has 2 N–H and O–H groups in total. The molecule has 1 aromatic carbocycles. The zero-order chi connectivity index (χ0) is 12.5. The van der Waals surface area contributed by atoms with Gasteiger partial charge in [0, 0.05) is 19.6 Å². The fourth-order valence-corrected chi connectivity index (χ4v) is 1.93. The Balaban J connectivity index is 2.03. The van der Waals surface area contributed by atoms with Gasteiger partial charge in [-0.25, -0.2) is 0 Å². The monoisotopic (exact) mass is 232 g/mol. The van der Waals surface area contributed by atoms with Crippen LogP contribution >= 0.6 is 0 Å². The molecule has 0 bridgehead atoms. The summed E-state index contributed by atoms with van der Waals surface area (Å²) < 4.78 is 0. The number of carbonyl (C=O) groups excluding carboxylic acids is 1. The molecule has 0 unspecified atom stereocenters. The van der Waals surface area contributed by atoms with Crippen LogP contribution < -0.4 is 5.73 Å². The number of hydrogen-bond acceptors (Lipinski definition) is 2. The summed E-state index contributed by atoms with van der Waals surface area (Å²) in [6, 6.07) is 8.21. The van der Waals surface area contributed by atoms with Crippen LogP contribution in [0.15, 0.2) is 24.3 Å². The molecule has 1 fully saturated rings. The Morgan fingerprint density at radius 1 is 1.35 bits per heavy atom. The molecule has 92 valence electrons. The van der Waals surface area contributed by atoms with E-state index in [1.165, 1.54) is 5.56 Å². The fraction of sp³-hybridized carbons (Fsp3) is 0.500. The second-order valence-electron chi connectivity index (χ2n) is 5.32. The minimum absolute atomic E-state index is 0.0319. The lowest BCUT2D eigenvalue weighted by Gasteiger charge is -2.12. The van der Waals surface area contributed by atoms with Gasteiger partial charge >= 0.3 is 0 Å². The highest BCUT2D eigenvalue weighted by molar-refractivity contribution is 5.78. The second kappa shape index (κ2) is 4.49. The van der Waals surface area contributed by atoms with E-state index in [0.717, 1.165) is 24.8 Å². The van der Waals surface area contributed by atoms with Crippen LogP contribution in [-0.2, 0) is 17.6 Å². The Kier molecular flexibility index (Phi) is 3.20. The van der Waals surface area contributed by atoms with Gasteiger partial charge in [-0.2, -0.15) is 0 Å². The second-order valence-corrected chi connectivity index (χ2v) is 5.32. The van der Waals surface area contributed by atoms with Gasteiger partial charge in [-0.1, -0.05) is 24.3 Å². The number of likely N-dealkylation sites (N-methyl/N-ethyl adjacent to an activating group) is 1. The molecule has 1 aliphatic carbocycles. The maximum absolute atomic E-state index is 11.6. The van der Waals surface area contributed by atoms with Gasteiger partial charge < -0.3 is 10.6 Å². The standard InChI is InChI=1S/C14H20N2O/c1-16(2)13(17)9-11-4-3-5-12(8-11)10-14(15)6-7-14/h3-5,8H,6-7,9-10,15H2,1-2H3. The quantitative estimate of drug-likeness (QED) is 0.851. The summed E-state index contributed by atoms with van der Waals surface area (Å²) in [4.78, 5) is 13.2. The van der Waals surface area contributed by atoms with Gasteiger partial charge in [0.1, 0.15) is 0 Å². The summed E-state index contributed by atoms with van der Waals surface area (Å²) in [6.07, 6.45) is 3.64. The van der Waals surface area contributed by atoms with Gasteiger partial charge in [-0.3, -0.25) is 4.79 Å².